The Labute approximate surface area is 135 Å². The lowest BCUT2D eigenvalue weighted by molar-refractivity contribution is 0.589. The van der Waals surface area contributed by atoms with E-state index in [2.05, 4.69) is 79.9 Å². The fourth-order valence-electron chi connectivity index (χ4n) is 2.36. The van der Waals surface area contributed by atoms with Crippen LogP contribution in [-0.2, 0) is 12.0 Å². The van der Waals surface area contributed by atoms with Gasteiger partial charge in [-0.25, -0.2) is 0 Å². The highest BCUT2D eigenvalue weighted by molar-refractivity contribution is 5.42. The van der Waals surface area contributed by atoms with Crippen LogP contribution in [0.25, 0.3) is 0 Å². The molecule has 2 heteroatoms. The number of anilines is 1. The summed E-state index contributed by atoms with van der Waals surface area (Å²) in [6, 6.07) is 19.3. The molecule has 0 spiro atoms. The SMILES string of the molecule is CC(C)(C)c1ccc(CNCCCNc2ccccc2)cc1. The average Bonchev–Trinajstić information content (AvgIpc) is 2.51. The maximum absolute atomic E-state index is 3.51. The van der Waals surface area contributed by atoms with Gasteiger partial charge in [-0.3, -0.25) is 0 Å². The zero-order valence-electron chi connectivity index (χ0n) is 14.0. The minimum absolute atomic E-state index is 0.231. The zero-order chi connectivity index (χ0) is 15.8. The Morgan fingerprint density at radius 2 is 1.50 bits per heavy atom. The van der Waals surface area contributed by atoms with E-state index in [1.165, 1.54) is 16.8 Å². The highest BCUT2D eigenvalue weighted by Gasteiger charge is 2.12. The molecule has 0 aromatic heterocycles. The molecular formula is C20H28N2. The van der Waals surface area contributed by atoms with Crippen molar-refractivity contribution < 1.29 is 0 Å². The number of nitrogens with one attached hydrogen (secondary N) is 2. The van der Waals surface area contributed by atoms with Gasteiger partial charge in [0.05, 0.1) is 0 Å². The molecule has 2 nitrogen and oxygen atoms in total. The molecule has 0 unspecified atom stereocenters. The van der Waals surface area contributed by atoms with E-state index in [1.807, 2.05) is 6.07 Å². The Morgan fingerprint density at radius 3 is 2.14 bits per heavy atom. The van der Waals surface area contributed by atoms with Crippen LogP contribution >= 0.6 is 0 Å². The Morgan fingerprint density at radius 1 is 0.818 bits per heavy atom. The first-order chi connectivity index (χ1) is 10.6. The summed E-state index contributed by atoms with van der Waals surface area (Å²) in [5.74, 6) is 0. The van der Waals surface area contributed by atoms with E-state index in [-0.39, 0.29) is 5.41 Å². The van der Waals surface area contributed by atoms with Gasteiger partial charge in [0.1, 0.15) is 0 Å². The van der Waals surface area contributed by atoms with Crippen molar-refractivity contribution >= 4 is 5.69 Å². The Hall–Kier alpha value is -1.80. The largest absolute Gasteiger partial charge is 0.385 e. The van der Waals surface area contributed by atoms with Gasteiger partial charge in [0.15, 0.2) is 0 Å². The molecular weight excluding hydrogens is 268 g/mol. The number of para-hydroxylation sites is 1. The summed E-state index contributed by atoms with van der Waals surface area (Å²) >= 11 is 0. The van der Waals surface area contributed by atoms with E-state index >= 15 is 0 Å². The third-order valence-corrected chi connectivity index (χ3v) is 3.78. The Bertz CT molecular complexity index is 538. The van der Waals surface area contributed by atoms with Gasteiger partial charge in [-0.1, -0.05) is 63.2 Å². The molecule has 0 aliphatic rings. The zero-order valence-corrected chi connectivity index (χ0v) is 14.0. The van der Waals surface area contributed by atoms with Crippen molar-refractivity contribution in [1.29, 1.82) is 0 Å². The van der Waals surface area contributed by atoms with Crippen LogP contribution < -0.4 is 10.6 Å². The molecule has 2 aromatic rings. The summed E-state index contributed by atoms with van der Waals surface area (Å²) in [6.45, 7) is 9.72. The quantitative estimate of drug-likeness (QED) is 0.731. The third kappa shape index (κ3) is 5.53. The van der Waals surface area contributed by atoms with Crippen LogP contribution in [0.2, 0.25) is 0 Å². The lowest BCUT2D eigenvalue weighted by Crippen LogP contribution is -2.18. The van der Waals surface area contributed by atoms with Crippen LogP contribution in [0.15, 0.2) is 54.6 Å². The molecule has 0 saturated carbocycles. The standard InChI is InChI=1S/C20H28N2/c1-20(2,3)18-12-10-17(11-13-18)16-21-14-7-15-22-19-8-5-4-6-9-19/h4-6,8-13,21-22H,7,14-16H2,1-3H3. The number of benzene rings is 2. The first-order valence-corrected chi connectivity index (χ1v) is 8.15. The second-order valence-electron chi connectivity index (χ2n) is 6.77. The van der Waals surface area contributed by atoms with Crippen molar-refractivity contribution in [2.24, 2.45) is 0 Å². The highest BCUT2D eigenvalue weighted by atomic mass is 14.9. The first kappa shape index (κ1) is 16.6. The van der Waals surface area contributed by atoms with E-state index in [0.29, 0.717) is 0 Å². The van der Waals surface area contributed by atoms with E-state index in [1.54, 1.807) is 0 Å². The normalized spacial score (nSPS) is 11.4. The van der Waals surface area contributed by atoms with Crippen molar-refractivity contribution in [3.63, 3.8) is 0 Å². The van der Waals surface area contributed by atoms with Crippen molar-refractivity contribution in [3.8, 4) is 0 Å². The number of hydrogen-bond acceptors (Lipinski definition) is 2. The molecule has 0 aliphatic carbocycles. The minimum Gasteiger partial charge on any atom is -0.385 e. The fraction of sp³-hybridized carbons (Fsp3) is 0.400. The molecule has 2 N–H and O–H groups in total. The number of rotatable bonds is 7. The summed E-state index contributed by atoms with van der Waals surface area (Å²) in [5, 5.41) is 6.93. The summed E-state index contributed by atoms with van der Waals surface area (Å²) < 4.78 is 0. The third-order valence-electron chi connectivity index (χ3n) is 3.78. The first-order valence-electron chi connectivity index (χ1n) is 8.15. The van der Waals surface area contributed by atoms with Gasteiger partial charge in [0.2, 0.25) is 0 Å². The van der Waals surface area contributed by atoms with Gasteiger partial charge < -0.3 is 10.6 Å². The predicted molar refractivity (Wildman–Crippen MR) is 96.4 cm³/mol. The van der Waals surface area contributed by atoms with Crippen LogP contribution in [-0.4, -0.2) is 13.1 Å². The Balaban J connectivity index is 1.62. The lowest BCUT2D eigenvalue weighted by atomic mass is 9.87. The van der Waals surface area contributed by atoms with Crippen molar-refractivity contribution in [2.75, 3.05) is 18.4 Å². The maximum Gasteiger partial charge on any atom is 0.0340 e. The monoisotopic (exact) mass is 296 g/mol. The molecule has 0 fully saturated rings. The number of hydrogen-bond donors (Lipinski definition) is 2. The van der Waals surface area contributed by atoms with Crippen LogP contribution in [0, 0.1) is 0 Å². The van der Waals surface area contributed by atoms with Gasteiger partial charge in [-0.15, -0.1) is 0 Å². The second-order valence-corrected chi connectivity index (χ2v) is 6.77. The molecule has 2 rings (SSSR count). The summed E-state index contributed by atoms with van der Waals surface area (Å²) in [6.07, 6.45) is 1.12. The molecule has 0 saturated heterocycles. The van der Waals surface area contributed by atoms with Crippen LogP contribution in [0.4, 0.5) is 5.69 Å². The lowest BCUT2D eigenvalue weighted by Gasteiger charge is -2.19. The maximum atomic E-state index is 3.51. The second kappa shape index (κ2) is 8.00. The van der Waals surface area contributed by atoms with Crippen LogP contribution in [0.3, 0.4) is 0 Å². The van der Waals surface area contributed by atoms with Crippen molar-refractivity contribution in [3.05, 3.63) is 65.7 Å². The molecule has 118 valence electrons. The summed E-state index contributed by atoms with van der Waals surface area (Å²) in [5.41, 5.74) is 4.17. The van der Waals surface area contributed by atoms with E-state index in [4.69, 9.17) is 0 Å². The van der Waals surface area contributed by atoms with E-state index < -0.39 is 0 Å². The molecule has 0 aliphatic heterocycles. The smallest absolute Gasteiger partial charge is 0.0340 e. The summed E-state index contributed by atoms with van der Waals surface area (Å²) in [4.78, 5) is 0. The molecule has 0 atom stereocenters. The van der Waals surface area contributed by atoms with Crippen molar-refractivity contribution in [1.82, 2.24) is 5.32 Å². The molecule has 0 amide bonds. The van der Waals surface area contributed by atoms with E-state index in [9.17, 15) is 0 Å². The fourth-order valence-corrected chi connectivity index (χ4v) is 2.36. The average molecular weight is 296 g/mol. The van der Waals surface area contributed by atoms with Gasteiger partial charge in [-0.05, 0) is 41.6 Å². The molecule has 0 radical (unpaired) electrons. The molecule has 22 heavy (non-hydrogen) atoms. The molecule has 2 aromatic carbocycles. The van der Waals surface area contributed by atoms with Crippen LogP contribution in [0.1, 0.15) is 38.3 Å². The molecule has 0 bridgehead atoms. The van der Waals surface area contributed by atoms with Crippen LogP contribution in [0.5, 0.6) is 0 Å². The van der Waals surface area contributed by atoms with Gasteiger partial charge >= 0.3 is 0 Å². The predicted octanol–water partition coefficient (Wildman–Crippen LogP) is 4.58. The topological polar surface area (TPSA) is 24.1 Å². The highest BCUT2D eigenvalue weighted by Crippen LogP contribution is 2.22. The van der Waals surface area contributed by atoms with E-state index in [0.717, 1.165) is 26.1 Å². The Kier molecular flexibility index (Phi) is 6.02. The van der Waals surface area contributed by atoms with Gasteiger partial charge in [0.25, 0.3) is 0 Å². The van der Waals surface area contributed by atoms with Crippen molar-refractivity contribution in [2.45, 2.75) is 39.2 Å². The van der Waals surface area contributed by atoms with Gasteiger partial charge in [-0.2, -0.15) is 0 Å². The molecule has 0 heterocycles. The minimum atomic E-state index is 0.231. The van der Waals surface area contributed by atoms with Gasteiger partial charge in [0, 0.05) is 18.8 Å². The summed E-state index contributed by atoms with van der Waals surface area (Å²) in [7, 11) is 0.